The number of hydrogen-bond acceptors (Lipinski definition) is 8. The van der Waals surface area contributed by atoms with E-state index < -0.39 is 5.82 Å². The SMILES string of the molecule is C#Cc1c(F)cc/c(=C/C=C\Cc2ncc(C)c(N3CC4CCC(C3)N4)nc(OCC(C)(CCC(CC)COC(=O)NC3CCC(C)CC3)CC(=C)CC)ncc2P)c1=C. The van der Waals surface area contributed by atoms with Gasteiger partial charge in [-0.25, -0.2) is 14.2 Å². The molecule has 2 bridgehead atoms. The molecule has 2 N–H and O–H groups in total. The molecule has 2 aliphatic heterocycles. The number of fused-ring (bicyclic) bond motifs is 2. The zero-order valence-corrected chi connectivity index (χ0v) is 37.9. The van der Waals surface area contributed by atoms with Gasteiger partial charge in [0.2, 0.25) is 0 Å². The number of alkyl carbamates (subject to hydrolysis) is 1. The van der Waals surface area contributed by atoms with Crippen LogP contribution < -0.4 is 36.0 Å². The third kappa shape index (κ3) is 13.6. The molecule has 0 spiro atoms. The van der Waals surface area contributed by atoms with Crippen molar-refractivity contribution in [3.05, 3.63) is 81.9 Å². The molecule has 0 radical (unpaired) electrons. The largest absolute Gasteiger partial charge is 0.463 e. The van der Waals surface area contributed by atoms with E-state index >= 15 is 0 Å². The fourth-order valence-electron chi connectivity index (χ4n) is 8.49. The number of aryl methyl sites for hydroxylation is 1. The second-order valence-corrected chi connectivity index (χ2v) is 18.3. The van der Waals surface area contributed by atoms with E-state index in [0.717, 1.165) is 117 Å². The lowest BCUT2D eigenvalue weighted by Crippen LogP contribution is -2.51. The molecule has 3 heterocycles. The van der Waals surface area contributed by atoms with E-state index in [1.165, 1.54) is 11.6 Å². The summed E-state index contributed by atoms with van der Waals surface area (Å²) in [4.78, 5) is 30.0. The summed E-state index contributed by atoms with van der Waals surface area (Å²) in [7, 11) is 2.77. The monoisotopic (exact) mass is 839 g/mol. The second-order valence-electron chi connectivity index (χ2n) is 17.7. The van der Waals surface area contributed by atoms with Crippen LogP contribution in [-0.4, -0.2) is 65.5 Å². The molecule has 2 aromatic rings. The van der Waals surface area contributed by atoms with Crippen molar-refractivity contribution in [3.8, 4) is 18.4 Å². The number of nitrogens with one attached hydrogen (secondary N) is 2. The van der Waals surface area contributed by atoms with Crippen LogP contribution in [0.3, 0.4) is 0 Å². The van der Waals surface area contributed by atoms with Crippen LogP contribution in [0.1, 0.15) is 115 Å². The van der Waals surface area contributed by atoms with Crippen molar-refractivity contribution in [2.45, 2.75) is 130 Å². The highest BCUT2D eigenvalue weighted by atomic mass is 31.0. The molecular weight excluding hydrogens is 771 g/mol. The molecule has 1 aliphatic carbocycles. The lowest BCUT2D eigenvalue weighted by molar-refractivity contribution is 0.0999. The minimum absolute atomic E-state index is 0.173. The first-order valence-electron chi connectivity index (χ1n) is 22.0. The highest BCUT2D eigenvalue weighted by Crippen LogP contribution is 2.35. The lowest BCUT2D eigenvalue weighted by Gasteiger charge is -2.34. The van der Waals surface area contributed by atoms with Gasteiger partial charge in [0, 0.05) is 66.3 Å². The van der Waals surface area contributed by atoms with Crippen LogP contribution in [0.2, 0.25) is 0 Å². The standard InChI is InChI=1S/C49H68FN6O3P/c1-9-33(4)26-49(8,25-24-37(10-2)31-58-48(57)54-39-19-16-34(5)17-20-39)32-59-47-52-28-45(60)44(15-13-12-14-38-18-23-43(50)42(11-3)36(38)7)51-27-35(6)46(55-47)56-29-40-21-22-41(30-56)53-40/h3,12-14,18,23,27-28,34,37,39-41,53H,4,7,9-10,15-17,19-22,24-26,29-32,60H2,1-2,5-6,8H3,(H,54,57)/b13-12-,35-27?,38-14-,45-28?,45-44?,46-35?,51-27?,51-44?,52-28?,52-47?,55-46?,55-47?. The van der Waals surface area contributed by atoms with Crippen molar-refractivity contribution >= 4 is 39.1 Å². The molecule has 1 aromatic carbocycles. The first-order valence-corrected chi connectivity index (χ1v) is 22.6. The van der Waals surface area contributed by atoms with Gasteiger partial charge in [0.05, 0.1) is 24.5 Å². The molecule has 1 saturated carbocycles. The summed E-state index contributed by atoms with van der Waals surface area (Å²) in [5.41, 5.74) is 2.82. The summed E-state index contributed by atoms with van der Waals surface area (Å²) in [6.07, 6.45) is 26.1. The van der Waals surface area contributed by atoms with Crippen molar-refractivity contribution in [2.75, 3.05) is 31.2 Å². The van der Waals surface area contributed by atoms with Crippen molar-refractivity contribution in [2.24, 2.45) is 17.3 Å². The van der Waals surface area contributed by atoms with Crippen molar-refractivity contribution in [3.63, 3.8) is 0 Å². The lowest BCUT2D eigenvalue weighted by atomic mass is 9.78. The summed E-state index contributed by atoms with van der Waals surface area (Å²) in [5, 5.41) is 8.87. The molecule has 2 saturated heterocycles. The van der Waals surface area contributed by atoms with Crippen LogP contribution in [0.4, 0.5) is 15.0 Å². The van der Waals surface area contributed by atoms with Crippen LogP contribution in [-0.2, 0) is 11.2 Å². The van der Waals surface area contributed by atoms with Crippen molar-refractivity contribution in [1.82, 2.24) is 25.6 Å². The normalized spacial score (nSPS) is 21.8. The Hall–Kier alpha value is -4.32. The number of halogens is 1. The second kappa shape index (κ2) is 22.5. The van der Waals surface area contributed by atoms with E-state index in [1.54, 1.807) is 12.3 Å². The van der Waals surface area contributed by atoms with Gasteiger partial charge in [-0.3, -0.25) is 4.98 Å². The Bertz CT molecular complexity index is 2050. The van der Waals surface area contributed by atoms with Gasteiger partial charge in [0.15, 0.2) is 0 Å². The summed E-state index contributed by atoms with van der Waals surface area (Å²) in [6, 6.07) is 4.37. The fourth-order valence-corrected chi connectivity index (χ4v) is 8.75. The van der Waals surface area contributed by atoms with E-state index in [9.17, 15) is 9.18 Å². The average molecular weight is 839 g/mol. The van der Waals surface area contributed by atoms with Gasteiger partial charge in [-0.1, -0.05) is 83.1 Å². The zero-order chi connectivity index (χ0) is 43.2. The fraction of sp³-hybridized carbons (Fsp3) is 0.551. The number of terminal acetylenes is 1. The molecule has 3 fully saturated rings. The Morgan fingerprint density at radius 2 is 1.90 bits per heavy atom. The topological polar surface area (TPSA) is 102 Å². The van der Waals surface area contributed by atoms with E-state index in [1.807, 2.05) is 31.3 Å². The molecule has 11 heteroatoms. The van der Waals surface area contributed by atoms with Gasteiger partial charge in [-0.15, -0.1) is 15.7 Å². The van der Waals surface area contributed by atoms with Crippen molar-refractivity contribution in [1.29, 1.82) is 0 Å². The number of benzene rings is 1. The quantitative estimate of drug-likeness (QED) is 0.0951. The van der Waals surface area contributed by atoms with E-state index in [4.69, 9.17) is 30.8 Å². The average Bonchev–Trinajstić information content (AvgIpc) is 3.57. The third-order valence-corrected chi connectivity index (χ3v) is 13.0. The van der Waals surface area contributed by atoms with Crippen LogP contribution in [0.5, 0.6) is 6.01 Å². The first-order chi connectivity index (χ1) is 28.8. The van der Waals surface area contributed by atoms with E-state index in [2.05, 4.69) is 71.5 Å². The maximum atomic E-state index is 14.1. The number of nitrogens with zero attached hydrogens (tertiary/aromatic N) is 4. The van der Waals surface area contributed by atoms with Crippen LogP contribution in [0.25, 0.3) is 12.7 Å². The van der Waals surface area contributed by atoms with E-state index in [-0.39, 0.29) is 29.0 Å². The number of aromatic nitrogens is 3. The summed E-state index contributed by atoms with van der Waals surface area (Å²) in [5.74, 6) is 3.72. The molecule has 1 amide bonds. The van der Waals surface area contributed by atoms with Gasteiger partial charge < -0.3 is 25.0 Å². The number of carbonyl (C=O) groups excluding carboxylic acids is 1. The zero-order valence-electron chi connectivity index (χ0n) is 36.7. The number of allylic oxidation sites excluding steroid dienone is 3. The molecule has 5 rings (SSSR count). The predicted molar refractivity (Wildman–Crippen MR) is 247 cm³/mol. The highest BCUT2D eigenvalue weighted by molar-refractivity contribution is 7.27. The number of hydrogen-bond donors (Lipinski definition) is 2. The third-order valence-electron chi connectivity index (χ3n) is 12.5. The summed E-state index contributed by atoms with van der Waals surface area (Å²) >= 11 is 0. The van der Waals surface area contributed by atoms with Crippen LogP contribution in [0, 0.1) is 42.3 Å². The summed E-state index contributed by atoms with van der Waals surface area (Å²) < 4.78 is 26.6. The molecule has 3 aliphatic rings. The van der Waals surface area contributed by atoms with Crippen molar-refractivity contribution < 1.29 is 18.7 Å². The Morgan fingerprint density at radius 1 is 1.17 bits per heavy atom. The van der Waals surface area contributed by atoms with Gasteiger partial charge in [0.1, 0.15) is 11.6 Å². The Kier molecular flexibility index (Phi) is 17.5. The molecular formula is C49H68FN6O3P. The smallest absolute Gasteiger partial charge is 0.407 e. The number of piperazine rings is 1. The maximum absolute atomic E-state index is 14.1. The number of amides is 1. The minimum atomic E-state index is -0.451. The maximum Gasteiger partial charge on any atom is 0.407 e. The molecule has 1 aromatic heterocycles. The van der Waals surface area contributed by atoms with Crippen LogP contribution >= 0.6 is 9.24 Å². The molecule has 5 atom stereocenters. The van der Waals surface area contributed by atoms with Crippen LogP contribution in [0.15, 0.2) is 48.8 Å². The van der Waals surface area contributed by atoms with Gasteiger partial charge in [0.25, 0.3) is 0 Å². The Morgan fingerprint density at radius 3 is 2.58 bits per heavy atom. The highest BCUT2D eigenvalue weighted by Gasteiger charge is 2.34. The number of carbonyl (C=O) groups is 1. The van der Waals surface area contributed by atoms with Gasteiger partial charge in [-0.2, -0.15) is 4.98 Å². The molecule has 5 unspecified atom stereocenters. The number of ether oxygens (including phenoxy) is 2. The molecule has 60 heavy (non-hydrogen) atoms. The molecule has 324 valence electrons. The van der Waals surface area contributed by atoms with Gasteiger partial charge in [-0.05, 0) is 99.5 Å². The number of rotatable bonds is 17. The predicted octanol–water partition coefficient (Wildman–Crippen LogP) is 7.71. The Balaban J connectivity index is 1.37. The summed E-state index contributed by atoms with van der Waals surface area (Å²) in [6.45, 7) is 21.7. The minimum Gasteiger partial charge on any atom is -0.463 e. The number of anilines is 1. The van der Waals surface area contributed by atoms with E-state index in [0.29, 0.717) is 42.9 Å². The van der Waals surface area contributed by atoms with Gasteiger partial charge >= 0.3 is 12.1 Å². The molecule has 9 nitrogen and oxygen atoms in total. The first kappa shape index (κ1) is 46.7. The Labute approximate surface area is 360 Å².